The molecule has 2 aromatic rings. The van der Waals surface area contributed by atoms with Crippen molar-refractivity contribution in [2.75, 3.05) is 31.0 Å². The quantitative estimate of drug-likeness (QED) is 0.687. The summed E-state index contributed by atoms with van der Waals surface area (Å²) in [4.78, 5) is 23.9. The number of carbonyl (C=O) groups excluding carboxylic acids is 2. The van der Waals surface area contributed by atoms with E-state index in [4.69, 9.17) is 9.47 Å². The zero-order valence-corrected chi connectivity index (χ0v) is 16.0. The Bertz CT molecular complexity index is 790. The number of anilines is 2. The predicted molar refractivity (Wildman–Crippen MR) is 106 cm³/mol. The van der Waals surface area contributed by atoms with Crippen LogP contribution < -0.4 is 10.6 Å². The minimum absolute atomic E-state index is 0.0743. The van der Waals surface area contributed by atoms with E-state index in [1.807, 2.05) is 0 Å². The van der Waals surface area contributed by atoms with Gasteiger partial charge in [-0.15, -0.1) is 0 Å². The summed E-state index contributed by atoms with van der Waals surface area (Å²) in [7, 11) is 1.54. The van der Waals surface area contributed by atoms with Crippen LogP contribution in [0.25, 0.3) is 0 Å². The zero-order chi connectivity index (χ0) is 19.6. The largest absolute Gasteiger partial charge is 0.447 e. The second kappa shape index (κ2) is 10.3. The monoisotopic (exact) mass is 370 g/mol. The molecule has 0 fully saturated rings. The summed E-state index contributed by atoms with van der Waals surface area (Å²) in [6, 6.07) is 13.2. The fourth-order valence-corrected chi connectivity index (χ4v) is 2.64. The van der Waals surface area contributed by atoms with Crippen molar-refractivity contribution in [1.82, 2.24) is 0 Å². The van der Waals surface area contributed by atoms with Crippen LogP contribution in [-0.2, 0) is 20.7 Å². The summed E-state index contributed by atoms with van der Waals surface area (Å²) in [5, 5.41) is 5.47. The van der Waals surface area contributed by atoms with Gasteiger partial charge in [0, 0.05) is 24.9 Å². The van der Waals surface area contributed by atoms with Crippen molar-refractivity contribution in [3.8, 4) is 0 Å². The first-order valence-electron chi connectivity index (χ1n) is 8.86. The van der Waals surface area contributed by atoms with E-state index in [0.29, 0.717) is 30.8 Å². The molecule has 6 nitrogen and oxygen atoms in total. The standard InChI is InChI=1S/C21H26N2O4/c1-15-7-8-17(16(2)13-15)9-10-20(24)22-18-5-4-6-19(14-18)23-21(25)27-12-11-26-3/h4-8,13-14H,9-12H2,1-3H3,(H,22,24)(H,23,25). The summed E-state index contributed by atoms with van der Waals surface area (Å²) in [6.45, 7) is 4.63. The molecular formula is C21H26N2O4. The molecule has 0 bridgehead atoms. The lowest BCUT2D eigenvalue weighted by Crippen LogP contribution is -2.17. The van der Waals surface area contributed by atoms with Gasteiger partial charge in [0.05, 0.1) is 6.61 Å². The van der Waals surface area contributed by atoms with Gasteiger partial charge in [-0.05, 0) is 49.6 Å². The first-order valence-corrected chi connectivity index (χ1v) is 8.86. The molecule has 2 rings (SSSR count). The van der Waals surface area contributed by atoms with Crippen LogP contribution >= 0.6 is 0 Å². The van der Waals surface area contributed by atoms with Crippen molar-refractivity contribution in [2.24, 2.45) is 0 Å². The molecule has 27 heavy (non-hydrogen) atoms. The Hall–Kier alpha value is -2.86. The molecule has 144 valence electrons. The van der Waals surface area contributed by atoms with Gasteiger partial charge in [-0.2, -0.15) is 0 Å². The lowest BCUT2D eigenvalue weighted by atomic mass is 10.0. The molecule has 0 unspecified atom stereocenters. The van der Waals surface area contributed by atoms with Crippen LogP contribution in [0.2, 0.25) is 0 Å². The fourth-order valence-electron chi connectivity index (χ4n) is 2.64. The normalized spacial score (nSPS) is 10.3. The van der Waals surface area contributed by atoms with E-state index in [1.54, 1.807) is 24.3 Å². The van der Waals surface area contributed by atoms with E-state index >= 15 is 0 Å². The summed E-state index contributed by atoms with van der Waals surface area (Å²) < 4.78 is 9.77. The molecule has 2 aromatic carbocycles. The van der Waals surface area contributed by atoms with Crippen molar-refractivity contribution in [3.05, 3.63) is 59.2 Å². The molecule has 0 spiro atoms. The Morgan fingerprint density at radius 2 is 1.70 bits per heavy atom. The van der Waals surface area contributed by atoms with Crippen LogP contribution in [-0.4, -0.2) is 32.3 Å². The van der Waals surface area contributed by atoms with E-state index in [2.05, 4.69) is 42.7 Å². The van der Waals surface area contributed by atoms with Crippen LogP contribution in [0.4, 0.5) is 16.2 Å². The number of benzene rings is 2. The molecule has 6 heteroatoms. The number of ether oxygens (including phenoxy) is 2. The van der Waals surface area contributed by atoms with Gasteiger partial charge in [-0.1, -0.05) is 29.8 Å². The number of methoxy groups -OCH3 is 1. The van der Waals surface area contributed by atoms with Gasteiger partial charge < -0.3 is 14.8 Å². The molecule has 0 atom stereocenters. The average Bonchev–Trinajstić information content (AvgIpc) is 2.61. The van der Waals surface area contributed by atoms with E-state index in [0.717, 1.165) is 0 Å². The third-order valence-electron chi connectivity index (χ3n) is 4.03. The molecule has 0 saturated heterocycles. The maximum atomic E-state index is 12.2. The summed E-state index contributed by atoms with van der Waals surface area (Å²) in [6.07, 6.45) is 0.507. The Morgan fingerprint density at radius 1 is 0.963 bits per heavy atom. The van der Waals surface area contributed by atoms with Crippen LogP contribution in [0.3, 0.4) is 0 Å². The van der Waals surface area contributed by atoms with Gasteiger partial charge in [0.2, 0.25) is 5.91 Å². The van der Waals surface area contributed by atoms with Crippen LogP contribution in [0.5, 0.6) is 0 Å². The maximum absolute atomic E-state index is 12.2. The number of nitrogens with one attached hydrogen (secondary N) is 2. The zero-order valence-electron chi connectivity index (χ0n) is 16.0. The van der Waals surface area contributed by atoms with E-state index in [9.17, 15) is 9.59 Å². The summed E-state index contributed by atoms with van der Waals surface area (Å²) in [5.41, 5.74) is 4.75. The molecule has 0 aliphatic rings. The second-order valence-electron chi connectivity index (χ2n) is 6.31. The molecule has 2 N–H and O–H groups in total. The van der Waals surface area contributed by atoms with Gasteiger partial charge in [0.25, 0.3) is 0 Å². The first kappa shape index (κ1) is 20.5. The number of hydrogen-bond acceptors (Lipinski definition) is 4. The molecule has 2 amide bonds. The molecule has 0 heterocycles. The Labute approximate surface area is 159 Å². The Balaban J connectivity index is 1.85. The molecule has 0 radical (unpaired) electrons. The first-order chi connectivity index (χ1) is 13.0. The lowest BCUT2D eigenvalue weighted by molar-refractivity contribution is -0.116. The van der Waals surface area contributed by atoms with Crippen molar-refractivity contribution in [1.29, 1.82) is 0 Å². The highest BCUT2D eigenvalue weighted by Crippen LogP contribution is 2.17. The highest BCUT2D eigenvalue weighted by atomic mass is 16.6. The Morgan fingerprint density at radius 3 is 2.41 bits per heavy atom. The molecule has 0 saturated carbocycles. The number of aryl methyl sites for hydroxylation is 3. The second-order valence-corrected chi connectivity index (χ2v) is 6.31. The van der Waals surface area contributed by atoms with E-state index in [1.165, 1.54) is 23.8 Å². The summed E-state index contributed by atoms with van der Waals surface area (Å²) >= 11 is 0. The van der Waals surface area contributed by atoms with Gasteiger partial charge in [-0.3, -0.25) is 10.1 Å². The molecule has 0 aliphatic heterocycles. The third kappa shape index (κ3) is 7.11. The number of rotatable bonds is 8. The number of amides is 2. The minimum atomic E-state index is -0.564. The van der Waals surface area contributed by atoms with Gasteiger partial charge in [0.1, 0.15) is 6.61 Å². The summed E-state index contributed by atoms with van der Waals surface area (Å²) in [5.74, 6) is -0.0743. The number of carbonyl (C=O) groups is 2. The average molecular weight is 370 g/mol. The van der Waals surface area contributed by atoms with Crippen molar-refractivity contribution < 1.29 is 19.1 Å². The topological polar surface area (TPSA) is 76.7 Å². The fraction of sp³-hybridized carbons (Fsp3) is 0.333. The molecule has 0 aromatic heterocycles. The van der Waals surface area contributed by atoms with Gasteiger partial charge in [-0.25, -0.2) is 4.79 Å². The van der Waals surface area contributed by atoms with Crippen molar-refractivity contribution in [2.45, 2.75) is 26.7 Å². The highest BCUT2D eigenvalue weighted by molar-refractivity contribution is 5.92. The lowest BCUT2D eigenvalue weighted by Gasteiger charge is -2.10. The minimum Gasteiger partial charge on any atom is -0.447 e. The predicted octanol–water partition coefficient (Wildman–Crippen LogP) is 4.07. The Kier molecular flexibility index (Phi) is 7.82. The van der Waals surface area contributed by atoms with Gasteiger partial charge >= 0.3 is 6.09 Å². The SMILES string of the molecule is COCCOC(=O)Nc1cccc(NC(=O)CCc2ccc(C)cc2C)c1. The van der Waals surface area contributed by atoms with Crippen molar-refractivity contribution in [3.63, 3.8) is 0 Å². The third-order valence-corrected chi connectivity index (χ3v) is 4.03. The van der Waals surface area contributed by atoms with E-state index in [-0.39, 0.29) is 12.5 Å². The molecular weight excluding hydrogens is 344 g/mol. The maximum Gasteiger partial charge on any atom is 0.411 e. The number of hydrogen-bond donors (Lipinski definition) is 2. The highest BCUT2D eigenvalue weighted by Gasteiger charge is 2.07. The van der Waals surface area contributed by atoms with Crippen molar-refractivity contribution >= 4 is 23.4 Å². The van der Waals surface area contributed by atoms with Gasteiger partial charge in [0.15, 0.2) is 0 Å². The van der Waals surface area contributed by atoms with Crippen LogP contribution in [0, 0.1) is 13.8 Å². The smallest absolute Gasteiger partial charge is 0.411 e. The van der Waals surface area contributed by atoms with E-state index < -0.39 is 6.09 Å². The molecule has 0 aliphatic carbocycles. The van der Waals surface area contributed by atoms with Crippen LogP contribution in [0.15, 0.2) is 42.5 Å². The van der Waals surface area contributed by atoms with Crippen LogP contribution in [0.1, 0.15) is 23.1 Å².